The Morgan fingerprint density at radius 3 is 2.12 bits per heavy atom. The van der Waals surface area contributed by atoms with Crippen LogP contribution in [0.25, 0.3) is 11.1 Å². The number of ether oxygens (including phenoxy) is 1. The number of nitrogens with one attached hydrogen (secondary N) is 3. The van der Waals surface area contributed by atoms with Crippen LogP contribution < -0.4 is 21.7 Å². The van der Waals surface area contributed by atoms with Gasteiger partial charge in [-0.05, 0) is 47.4 Å². The third-order valence-electron chi connectivity index (χ3n) is 7.41. The van der Waals surface area contributed by atoms with E-state index in [-0.39, 0.29) is 50.8 Å². The second-order valence-electron chi connectivity index (χ2n) is 10.9. The van der Waals surface area contributed by atoms with E-state index in [1.165, 1.54) is 11.9 Å². The summed E-state index contributed by atoms with van der Waals surface area (Å²) in [6.45, 7) is 3.99. The summed E-state index contributed by atoms with van der Waals surface area (Å²) in [4.78, 5) is 62.7. The molecule has 2 aromatic rings. The first kappa shape index (κ1) is 32.9. The van der Waals surface area contributed by atoms with Gasteiger partial charge >= 0.3 is 18.1 Å². The first-order chi connectivity index (χ1) is 20.5. The number of aliphatic carboxylic acids is 1. The van der Waals surface area contributed by atoms with E-state index in [0.29, 0.717) is 6.42 Å². The second-order valence-corrected chi connectivity index (χ2v) is 10.9. The van der Waals surface area contributed by atoms with E-state index >= 15 is 0 Å². The molecule has 0 aromatic heterocycles. The van der Waals surface area contributed by atoms with Gasteiger partial charge in [-0.25, -0.2) is 9.59 Å². The summed E-state index contributed by atoms with van der Waals surface area (Å²) < 4.78 is 5.62. The minimum absolute atomic E-state index is 0.0847. The Kier molecular flexibility index (Phi) is 11.9. The summed E-state index contributed by atoms with van der Waals surface area (Å²) in [6.07, 6.45) is -0.0793. The number of amides is 5. The summed E-state index contributed by atoms with van der Waals surface area (Å²) >= 11 is 0. The molecule has 0 fully saturated rings. The van der Waals surface area contributed by atoms with Crippen LogP contribution in [-0.4, -0.2) is 78.7 Å². The molecule has 0 radical (unpaired) electrons. The van der Waals surface area contributed by atoms with Crippen molar-refractivity contribution in [1.82, 2.24) is 20.9 Å². The molecule has 6 N–H and O–H groups in total. The highest BCUT2D eigenvalue weighted by molar-refractivity contribution is 5.91. The van der Waals surface area contributed by atoms with Crippen LogP contribution in [0.5, 0.6) is 0 Å². The Hall–Kier alpha value is -4.61. The number of carbonyl (C=O) groups is 5. The van der Waals surface area contributed by atoms with Gasteiger partial charge in [-0.1, -0.05) is 62.4 Å². The fraction of sp³-hybridized carbons (Fsp3) is 0.452. The van der Waals surface area contributed by atoms with Crippen LogP contribution in [0.15, 0.2) is 48.5 Å². The number of carboxylic acid groups (broad SMARTS) is 1. The van der Waals surface area contributed by atoms with Crippen LogP contribution in [0.3, 0.4) is 0 Å². The highest BCUT2D eigenvalue weighted by Gasteiger charge is 2.32. The molecule has 2 atom stereocenters. The van der Waals surface area contributed by atoms with Crippen molar-refractivity contribution < 1.29 is 33.8 Å². The number of hydrogen-bond acceptors (Lipinski definition) is 6. The molecule has 0 saturated heterocycles. The number of primary amides is 1. The first-order valence-corrected chi connectivity index (χ1v) is 14.4. The minimum Gasteiger partial charge on any atom is -0.481 e. The molecular weight excluding hydrogens is 554 g/mol. The van der Waals surface area contributed by atoms with Crippen molar-refractivity contribution in [2.75, 3.05) is 26.7 Å². The first-order valence-electron chi connectivity index (χ1n) is 14.4. The predicted molar refractivity (Wildman–Crippen MR) is 160 cm³/mol. The lowest BCUT2D eigenvalue weighted by molar-refractivity contribution is -0.138. The highest BCUT2D eigenvalue weighted by atomic mass is 16.5. The van der Waals surface area contributed by atoms with E-state index in [1.54, 1.807) is 13.8 Å². The monoisotopic (exact) mass is 595 g/mol. The van der Waals surface area contributed by atoms with E-state index in [2.05, 4.69) is 16.0 Å². The Morgan fingerprint density at radius 1 is 0.953 bits per heavy atom. The lowest BCUT2D eigenvalue weighted by Crippen LogP contribution is -2.55. The molecule has 12 nitrogen and oxygen atoms in total. The normalized spacial score (nSPS) is 13.3. The molecule has 0 unspecified atom stereocenters. The molecule has 3 rings (SSSR count). The molecule has 1 aliphatic rings. The Balaban J connectivity index is 1.64. The van der Waals surface area contributed by atoms with E-state index in [9.17, 15) is 24.0 Å². The largest absolute Gasteiger partial charge is 0.481 e. The third kappa shape index (κ3) is 9.19. The average molecular weight is 596 g/mol. The van der Waals surface area contributed by atoms with Crippen molar-refractivity contribution in [1.29, 1.82) is 0 Å². The van der Waals surface area contributed by atoms with Crippen molar-refractivity contribution in [2.24, 2.45) is 11.7 Å². The lowest BCUT2D eigenvalue weighted by Gasteiger charge is -2.28. The summed E-state index contributed by atoms with van der Waals surface area (Å²) in [7, 11) is 1.53. The van der Waals surface area contributed by atoms with Crippen molar-refractivity contribution >= 4 is 29.9 Å². The molecule has 0 bridgehead atoms. The molecule has 0 aliphatic heterocycles. The SMILES string of the molecule is CC(C)[C@H](NC(=O)OCC1c2ccccc2-c2ccccc21)C(=O)N[C@@H](CCCNC(N)=O)C(=O)N(C)CCCC(=O)O. The maximum absolute atomic E-state index is 13.4. The molecule has 232 valence electrons. The highest BCUT2D eigenvalue weighted by Crippen LogP contribution is 2.44. The van der Waals surface area contributed by atoms with Gasteiger partial charge in [0.2, 0.25) is 11.8 Å². The Bertz CT molecular complexity index is 1270. The van der Waals surface area contributed by atoms with E-state index in [0.717, 1.165) is 22.3 Å². The van der Waals surface area contributed by atoms with Gasteiger partial charge in [0.1, 0.15) is 18.7 Å². The fourth-order valence-corrected chi connectivity index (χ4v) is 5.18. The third-order valence-corrected chi connectivity index (χ3v) is 7.41. The average Bonchev–Trinajstić information content (AvgIpc) is 3.28. The minimum atomic E-state index is -0.994. The van der Waals surface area contributed by atoms with Crippen LogP contribution in [0, 0.1) is 5.92 Å². The predicted octanol–water partition coefficient (Wildman–Crippen LogP) is 2.81. The van der Waals surface area contributed by atoms with Gasteiger partial charge < -0.3 is 36.4 Å². The molecular formula is C31H41N5O7. The number of likely N-dealkylation sites (N-methyl/N-ethyl adjacent to an activating group) is 1. The van der Waals surface area contributed by atoms with Crippen LogP contribution in [-0.2, 0) is 19.1 Å². The van der Waals surface area contributed by atoms with Gasteiger partial charge in [0.05, 0.1) is 0 Å². The number of benzene rings is 2. The quantitative estimate of drug-likeness (QED) is 0.196. The molecule has 12 heteroatoms. The number of fused-ring (bicyclic) bond motifs is 3. The van der Waals surface area contributed by atoms with Crippen LogP contribution in [0.4, 0.5) is 9.59 Å². The van der Waals surface area contributed by atoms with Crippen LogP contribution in [0.2, 0.25) is 0 Å². The van der Waals surface area contributed by atoms with Gasteiger partial charge in [0.25, 0.3) is 0 Å². The second kappa shape index (κ2) is 15.6. The number of carbonyl (C=O) groups excluding carboxylic acids is 4. The van der Waals surface area contributed by atoms with Crippen molar-refractivity contribution in [3.05, 3.63) is 59.7 Å². The zero-order valence-corrected chi connectivity index (χ0v) is 24.8. The van der Waals surface area contributed by atoms with Gasteiger partial charge in [-0.2, -0.15) is 0 Å². The zero-order valence-electron chi connectivity index (χ0n) is 24.8. The van der Waals surface area contributed by atoms with Crippen molar-refractivity contribution in [3.63, 3.8) is 0 Å². The van der Waals surface area contributed by atoms with E-state index in [4.69, 9.17) is 15.6 Å². The number of alkyl carbamates (subject to hydrolysis) is 1. The molecule has 1 aliphatic carbocycles. The topological polar surface area (TPSA) is 180 Å². The van der Waals surface area contributed by atoms with E-state index < -0.39 is 42.0 Å². The maximum Gasteiger partial charge on any atom is 0.407 e. The number of nitrogens with zero attached hydrogens (tertiary/aromatic N) is 1. The molecule has 0 saturated carbocycles. The molecule has 43 heavy (non-hydrogen) atoms. The molecule has 5 amide bonds. The number of hydrogen-bond donors (Lipinski definition) is 5. The van der Waals surface area contributed by atoms with Gasteiger partial charge in [0.15, 0.2) is 0 Å². The van der Waals surface area contributed by atoms with Gasteiger partial charge in [-0.15, -0.1) is 0 Å². The molecule has 0 heterocycles. The number of rotatable bonds is 15. The summed E-state index contributed by atoms with van der Waals surface area (Å²) in [6, 6.07) is 13.3. The smallest absolute Gasteiger partial charge is 0.407 e. The van der Waals surface area contributed by atoms with Crippen LogP contribution >= 0.6 is 0 Å². The number of nitrogens with two attached hydrogens (primary N) is 1. The van der Waals surface area contributed by atoms with Gasteiger partial charge in [-0.3, -0.25) is 14.4 Å². The number of urea groups is 1. The van der Waals surface area contributed by atoms with Gasteiger partial charge in [0, 0.05) is 32.5 Å². The van der Waals surface area contributed by atoms with Crippen molar-refractivity contribution in [3.8, 4) is 11.1 Å². The zero-order chi connectivity index (χ0) is 31.5. The molecule has 0 spiro atoms. The van der Waals surface area contributed by atoms with Crippen molar-refractivity contribution in [2.45, 2.75) is 57.5 Å². The lowest BCUT2D eigenvalue weighted by atomic mass is 9.98. The summed E-state index contributed by atoms with van der Waals surface area (Å²) in [5.74, 6) is -2.43. The molecule has 2 aromatic carbocycles. The Labute approximate surface area is 251 Å². The fourth-order valence-electron chi connectivity index (χ4n) is 5.18. The maximum atomic E-state index is 13.4. The van der Waals surface area contributed by atoms with Crippen LogP contribution in [0.1, 0.15) is 56.6 Å². The summed E-state index contributed by atoms with van der Waals surface area (Å²) in [5.41, 5.74) is 9.44. The standard InChI is InChI=1S/C31H41N5O7/c1-19(2)27(28(39)34-25(14-8-16-33-30(32)41)29(40)36(3)17-9-15-26(37)38)35-31(42)43-18-24-22-12-6-4-10-20(22)21-11-5-7-13-23(21)24/h4-7,10-13,19,24-25,27H,8-9,14-18H2,1-3H3,(H,34,39)(H,35,42)(H,37,38)(H3,32,33,41)/t25-,27-/m0/s1. The number of carboxylic acids is 1. The van der Waals surface area contributed by atoms with E-state index in [1.807, 2.05) is 48.5 Å². The summed E-state index contributed by atoms with van der Waals surface area (Å²) in [5, 5.41) is 16.7. The Morgan fingerprint density at radius 2 is 1.56 bits per heavy atom.